The topological polar surface area (TPSA) is 75.4 Å². The molecular formula is C25H24ClFN6O. The highest BCUT2D eigenvalue weighted by molar-refractivity contribution is 6.31. The lowest BCUT2D eigenvalue weighted by Crippen LogP contribution is -2.40. The van der Waals surface area contributed by atoms with Gasteiger partial charge in [0.25, 0.3) is 0 Å². The summed E-state index contributed by atoms with van der Waals surface area (Å²) in [5.74, 6) is 1.05. The van der Waals surface area contributed by atoms with Crippen LogP contribution in [0.1, 0.15) is 24.0 Å². The van der Waals surface area contributed by atoms with Crippen LogP contribution < -0.4 is 10.2 Å². The number of carbonyl (C=O) groups is 1. The van der Waals surface area contributed by atoms with Crippen molar-refractivity contribution in [3.63, 3.8) is 0 Å². The predicted octanol–water partition coefficient (Wildman–Crippen LogP) is 4.43. The van der Waals surface area contributed by atoms with E-state index in [1.165, 1.54) is 12.1 Å². The number of aryl methyl sites for hydroxylation is 1. The molecule has 0 radical (unpaired) electrons. The van der Waals surface area contributed by atoms with E-state index >= 15 is 0 Å². The fraction of sp³-hybridized carbons (Fsp3) is 0.280. The molecule has 1 fully saturated rings. The van der Waals surface area contributed by atoms with Crippen molar-refractivity contribution in [1.82, 2.24) is 25.1 Å². The molecule has 0 bridgehead atoms. The number of amides is 1. The molecule has 0 spiro atoms. The number of hydrogen-bond acceptors (Lipinski definition) is 5. The monoisotopic (exact) mass is 478 g/mol. The van der Waals surface area contributed by atoms with Gasteiger partial charge in [-0.2, -0.15) is 4.52 Å². The highest BCUT2D eigenvalue weighted by Crippen LogP contribution is 2.25. The second-order valence-corrected chi connectivity index (χ2v) is 8.98. The Kier molecular flexibility index (Phi) is 6.15. The Labute approximate surface area is 201 Å². The van der Waals surface area contributed by atoms with Crippen LogP contribution in [0, 0.1) is 18.7 Å². The van der Waals surface area contributed by atoms with Crippen molar-refractivity contribution in [3.8, 4) is 11.4 Å². The molecule has 9 heteroatoms. The van der Waals surface area contributed by atoms with Crippen molar-refractivity contribution in [2.75, 3.05) is 18.0 Å². The summed E-state index contributed by atoms with van der Waals surface area (Å²) in [4.78, 5) is 14.9. The zero-order valence-corrected chi connectivity index (χ0v) is 19.5. The van der Waals surface area contributed by atoms with E-state index in [0.717, 1.165) is 42.9 Å². The van der Waals surface area contributed by atoms with Crippen LogP contribution in [0.25, 0.3) is 17.0 Å². The van der Waals surface area contributed by atoms with Gasteiger partial charge in [-0.25, -0.2) is 4.39 Å². The second-order valence-electron chi connectivity index (χ2n) is 8.57. The van der Waals surface area contributed by atoms with Gasteiger partial charge in [-0.3, -0.25) is 4.79 Å². The first-order valence-electron chi connectivity index (χ1n) is 11.2. The van der Waals surface area contributed by atoms with E-state index in [1.54, 1.807) is 10.6 Å². The smallest absolute Gasteiger partial charge is 0.223 e. The number of halogens is 2. The lowest BCUT2D eigenvalue weighted by Gasteiger charge is -2.32. The molecule has 1 aliphatic rings. The van der Waals surface area contributed by atoms with Crippen LogP contribution >= 0.6 is 11.6 Å². The number of piperidine rings is 1. The van der Waals surface area contributed by atoms with Crippen molar-refractivity contribution in [2.24, 2.45) is 5.92 Å². The molecule has 174 valence electrons. The number of rotatable bonds is 5. The maximum Gasteiger partial charge on any atom is 0.223 e. The number of carbonyl (C=O) groups excluding carboxylic acids is 1. The normalized spacial score (nSPS) is 14.5. The maximum atomic E-state index is 13.2. The average Bonchev–Trinajstić information content (AvgIpc) is 3.27. The van der Waals surface area contributed by atoms with Gasteiger partial charge in [0.05, 0.1) is 0 Å². The summed E-state index contributed by atoms with van der Waals surface area (Å²) >= 11 is 6.06. The largest absolute Gasteiger partial charge is 0.355 e. The van der Waals surface area contributed by atoms with Crippen LogP contribution in [-0.2, 0) is 11.3 Å². The number of nitrogens with one attached hydrogen (secondary N) is 1. The minimum absolute atomic E-state index is 0.0102. The summed E-state index contributed by atoms with van der Waals surface area (Å²) in [5, 5.41) is 16.6. The molecule has 0 atom stereocenters. The van der Waals surface area contributed by atoms with E-state index in [9.17, 15) is 9.18 Å². The molecule has 2 aromatic heterocycles. The van der Waals surface area contributed by atoms with Gasteiger partial charge in [-0.15, -0.1) is 15.3 Å². The molecule has 7 nitrogen and oxygen atoms in total. The maximum absolute atomic E-state index is 13.2. The summed E-state index contributed by atoms with van der Waals surface area (Å²) in [7, 11) is 0. The Balaban J connectivity index is 1.24. The fourth-order valence-electron chi connectivity index (χ4n) is 4.27. The Morgan fingerprint density at radius 2 is 1.94 bits per heavy atom. The third kappa shape index (κ3) is 4.59. The number of fused-ring (bicyclic) bond motifs is 1. The van der Waals surface area contributed by atoms with E-state index < -0.39 is 5.82 Å². The fourth-order valence-corrected chi connectivity index (χ4v) is 4.51. The third-order valence-corrected chi connectivity index (χ3v) is 6.53. The molecule has 0 aliphatic carbocycles. The van der Waals surface area contributed by atoms with E-state index in [1.807, 2.05) is 37.3 Å². The molecule has 34 heavy (non-hydrogen) atoms. The zero-order chi connectivity index (χ0) is 23.7. The Bertz CT molecular complexity index is 1350. The molecule has 2 aromatic carbocycles. The van der Waals surface area contributed by atoms with E-state index in [4.69, 9.17) is 16.7 Å². The SMILES string of the molecule is Cc1cccc(-c2nnc3ccc(N4CCC(C(=O)NCc5ccc(F)cc5Cl)CC4)nn23)c1. The van der Waals surface area contributed by atoms with Crippen LogP contribution in [0.15, 0.2) is 54.6 Å². The van der Waals surface area contributed by atoms with Gasteiger partial charge >= 0.3 is 0 Å². The minimum Gasteiger partial charge on any atom is -0.355 e. The predicted molar refractivity (Wildman–Crippen MR) is 129 cm³/mol. The molecule has 1 amide bonds. The summed E-state index contributed by atoms with van der Waals surface area (Å²) < 4.78 is 15.0. The quantitative estimate of drug-likeness (QED) is 0.459. The number of benzene rings is 2. The Morgan fingerprint density at radius 3 is 2.71 bits per heavy atom. The molecular weight excluding hydrogens is 455 g/mol. The molecule has 0 saturated carbocycles. The van der Waals surface area contributed by atoms with Crippen molar-refractivity contribution >= 4 is 29.0 Å². The number of nitrogens with zero attached hydrogens (tertiary/aromatic N) is 5. The van der Waals surface area contributed by atoms with Gasteiger partial charge in [0, 0.05) is 36.1 Å². The van der Waals surface area contributed by atoms with Gasteiger partial charge in [0.1, 0.15) is 11.6 Å². The molecule has 4 aromatic rings. The highest BCUT2D eigenvalue weighted by atomic mass is 35.5. The van der Waals surface area contributed by atoms with Crippen molar-refractivity contribution in [3.05, 3.63) is 76.6 Å². The zero-order valence-electron chi connectivity index (χ0n) is 18.7. The summed E-state index contributed by atoms with van der Waals surface area (Å²) in [6.07, 6.45) is 1.44. The number of anilines is 1. The Morgan fingerprint density at radius 1 is 1.12 bits per heavy atom. The lowest BCUT2D eigenvalue weighted by molar-refractivity contribution is -0.125. The highest BCUT2D eigenvalue weighted by Gasteiger charge is 2.26. The molecule has 1 aliphatic heterocycles. The van der Waals surface area contributed by atoms with Crippen LogP contribution in [-0.4, -0.2) is 38.8 Å². The van der Waals surface area contributed by atoms with Crippen LogP contribution in [0.4, 0.5) is 10.2 Å². The van der Waals surface area contributed by atoms with Gasteiger partial charge in [0.15, 0.2) is 11.5 Å². The van der Waals surface area contributed by atoms with Crippen molar-refractivity contribution < 1.29 is 9.18 Å². The summed E-state index contributed by atoms with van der Waals surface area (Å²) in [6.45, 7) is 3.76. The standard InChI is InChI=1S/C25H24ClFN6O/c1-16-3-2-4-18(13-16)24-30-29-22-7-8-23(31-33(22)24)32-11-9-17(10-12-32)25(34)28-15-19-5-6-20(27)14-21(19)26/h2-8,13-14,17H,9-12,15H2,1H3,(H,28,34). The van der Waals surface area contributed by atoms with Crippen molar-refractivity contribution in [1.29, 1.82) is 0 Å². The Hall–Kier alpha value is -3.52. The van der Waals surface area contributed by atoms with Gasteiger partial charge < -0.3 is 10.2 Å². The number of hydrogen-bond donors (Lipinski definition) is 1. The molecule has 5 rings (SSSR count). The molecule has 1 saturated heterocycles. The van der Waals surface area contributed by atoms with E-state index in [-0.39, 0.29) is 18.4 Å². The lowest BCUT2D eigenvalue weighted by atomic mass is 9.96. The van der Waals surface area contributed by atoms with Gasteiger partial charge in [-0.1, -0.05) is 41.4 Å². The van der Waals surface area contributed by atoms with Gasteiger partial charge in [-0.05, 0) is 55.7 Å². The first-order valence-corrected chi connectivity index (χ1v) is 11.6. The second kappa shape index (κ2) is 9.38. The van der Waals surface area contributed by atoms with E-state index in [2.05, 4.69) is 26.5 Å². The molecule has 3 heterocycles. The summed E-state index contributed by atoms with van der Waals surface area (Å²) in [6, 6.07) is 16.2. The minimum atomic E-state index is -0.392. The van der Waals surface area contributed by atoms with E-state index in [0.29, 0.717) is 22.1 Å². The van der Waals surface area contributed by atoms with Gasteiger partial charge in [0.2, 0.25) is 5.91 Å². The van der Waals surface area contributed by atoms with Crippen LogP contribution in [0.5, 0.6) is 0 Å². The first-order chi connectivity index (χ1) is 16.5. The van der Waals surface area contributed by atoms with Crippen LogP contribution in [0.2, 0.25) is 5.02 Å². The third-order valence-electron chi connectivity index (χ3n) is 6.18. The van der Waals surface area contributed by atoms with Crippen LogP contribution in [0.3, 0.4) is 0 Å². The number of aromatic nitrogens is 4. The summed E-state index contributed by atoms with van der Waals surface area (Å²) in [5.41, 5.74) is 3.50. The molecule has 0 unspecified atom stereocenters. The first kappa shape index (κ1) is 22.3. The molecule has 1 N–H and O–H groups in total. The van der Waals surface area contributed by atoms with Crippen molar-refractivity contribution in [2.45, 2.75) is 26.3 Å². The average molecular weight is 479 g/mol.